The Morgan fingerprint density at radius 2 is 1.20 bits per heavy atom. The first-order valence-electron chi connectivity index (χ1n) is 0.577. The second-order valence-electron chi connectivity index (χ2n) is 0. The fourth-order valence-corrected chi connectivity index (χ4v) is 0. The van der Waals surface area contributed by atoms with Crippen LogP contribution in [0.1, 0.15) is 0 Å². The Balaban J connectivity index is -0.0000000133. The summed E-state index contributed by atoms with van der Waals surface area (Å²) in [6.45, 7) is 0. The monoisotopic (exact) mass is 300 g/mol. The van der Waals surface area contributed by atoms with Gasteiger partial charge in [0.2, 0.25) is 10.1 Å². The van der Waals surface area contributed by atoms with Crippen molar-refractivity contribution in [3.63, 3.8) is 0 Å². The van der Waals surface area contributed by atoms with Gasteiger partial charge in [0, 0.05) is 0 Å². The second-order valence-corrected chi connectivity index (χ2v) is 0. The Labute approximate surface area is 65.2 Å². The standard InChI is InChI=1S/In.H2OSi.O.Sn.3H/c;1-2;;;;;/h;2H2;;;;;. The van der Waals surface area contributed by atoms with Gasteiger partial charge in [0.1, 0.15) is 0 Å². The van der Waals surface area contributed by atoms with E-state index in [0.717, 1.165) is 0 Å². The van der Waals surface area contributed by atoms with E-state index >= 15 is 0 Å². The van der Waals surface area contributed by atoms with Gasteiger partial charge in [-0.25, -0.2) is 0 Å². The van der Waals surface area contributed by atoms with Gasteiger partial charge >= 0.3 is 51.1 Å². The third-order valence-electron chi connectivity index (χ3n) is 0. The van der Waals surface area contributed by atoms with Gasteiger partial charge in [-0.1, -0.05) is 0 Å². The van der Waals surface area contributed by atoms with E-state index in [9.17, 15) is 0 Å². The van der Waals surface area contributed by atoms with E-state index < -0.39 is 0 Å². The molecule has 2 radical (unpaired) electrons. The molecule has 0 heterocycles. The summed E-state index contributed by atoms with van der Waals surface area (Å²) in [5, 5.41) is 0. The Hall–Kier alpha value is 1.49. The van der Waals surface area contributed by atoms with E-state index in [2.05, 4.69) is 0 Å². The van der Waals surface area contributed by atoms with E-state index in [1.54, 1.807) is 0 Å². The molecule has 0 saturated heterocycles. The van der Waals surface area contributed by atoms with Crippen LogP contribution in [0.25, 0.3) is 0 Å². The summed E-state index contributed by atoms with van der Waals surface area (Å²) in [4.78, 5) is 0. The van der Waals surface area contributed by atoms with Crippen molar-refractivity contribution in [2.75, 3.05) is 0 Å². The average molecular weight is 299 g/mol. The molecule has 5 heavy (non-hydrogen) atoms. The Morgan fingerprint density at radius 1 is 1.20 bits per heavy atom. The van der Waals surface area contributed by atoms with Gasteiger partial charge < -0.3 is 4.46 Å². The van der Waals surface area contributed by atoms with Crippen molar-refractivity contribution in [3.05, 3.63) is 0 Å². The molecule has 0 fully saturated rings. The molecule has 0 atom stereocenters. The van der Waals surface area contributed by atoms with Crippen LogP contribution in [0.4, 0.5) is 0 Å². The van der Waals surface area contributed by atoms with Crippen LogP contribution < -0.4 is 0 Å². The van der Waals surface area contributed by atoms with Gasteiger partial charge in [0.25, 0.3) is 0 Å². The molecule has 0 aliphatic rings. The van der Waals surface area contributed by atoms with Crippen molar-refractivity contribution in [1.29, 1.82) is 0 Å². The van der Waals surface area contributed by atoms with Crippen molar-refractivity contribution in [3.8, 4) is 0 Å². The van der Waals surface area contributed by atoms with Crippen LogP contribution in [0.3, 0.4) is 0 Å². The first-order chi connectivity index (χ1) is 2.00. The fraction of sp³-hybridized carbons (Fsp3) is 0. The maximum atomic E-state index is 8.42. The van der Waals surface area contributed by atoms with Crippen LogP contribution in [0.15, 0.2) is 0 Å². The predicted molar refractivity (Wildman–Crippen MR) is 25.6 cm³/mol. The second kappa shape index (κ2) is 50.0. The molecule has 0 spiro atoms. The van der Waals surface area contributed by atoms with Crippen molar-refractivity contribution in [1.82, 2.24) is 0 Å². The minimum absolute atomic E-state index is 0. The molecule has 0 aliphatic carbocycles. The summed E-state index contributed by atoms with van der Waals surface area (Å²) in [5.74, 6) is 0. The molecule has 0 aromatic rings. The topological polar surface area (TPSA) is 34.1 Å². The Bertz CT molecular complexity index is 11.6. The van der Waals surface area contributed by atoms with Gasteiger partial charge in [0.05, 0.1) is 0 Å². The van der Waals surface area contributed by atoms with Crippen LogP contribution in [-0.4, -0.2) is 58.4 Å². The third-order valence-corrected chi connectivity index (χ3v) is 0. The molecule has 0 unspecified atom stereocenters. The zero-order valence-corrected chi connectivity index (χ0v) is 12.4. The maximum absolute atomic E-state index is 8.42. The summed E-state index contributed by atoms with van der Waals surface area (Å²) in [5.41, 5.74) is 0. The summed E-state index contributed by atoms with van der Waals surface area (Å²) in [6, 6.07) is 0. The van der Waals surface area contributed by atoms with Crippen LogP contribution in [0.5, 0.6) is 0 Å². The summed E-state index contributed by atoms with van der Waals surface area (Å²) >= 11 is -0.1000. The molecule has 0 aliphatic heterocycles. The summed E-state index contributed by atoms with van der Waals surface area (Å²) in [6.07, 6.45) is 0. The van der Waals surface area contributed by atoms with Crippen molar-refractivity contribution in [2.45, 2.75) is 0 Å². The molecule has 0 aromatic heterocycles. The molecule has 0 aromatic carbocycles. The van der Waals surface area contributed by atoms with E-state index in [0.29, 0.717) is 10.1 Å². The van der Waals surface area contributed by atoms with Crippen molar-refractivity contribution < 1.29 is 7.32 Å². The van der Waals surface area contributed by atoms with E-state index in [4.69, 9.17) is 7.32 Å². The van der Waals surface area contributed by atoms with Crippen LogP contribution in [0.2, 0.25) is 0 Å². The van der Waals surface area contributed by atoms with Gasteiger partial charge in [-0.05, 0) is 0 Å². The first-order valence-corrected chi connectivity index (χ1v) is 2.80. The van der Waals surface area contributed by atoms with Gasteiger partial charge in [-0.3, -0.25) is 0 Å². The van der Waals surface area contributed by atoms with Crippen LogP contribution in [0, 0.1) is 0 Å². The zero-order chi connectivity index (χ0) is 4.00. The van der Waals surface area contributed by atoms with E-state index in [1.165, 1.54) is 0 Å². The quantitative estimate of drug-likeness (QED) is 0.456. The summed E-state index contributed by atoms with van der Waals surface area (Å²) < 4.78 is 16.7. The molecule has 5 heteroatoms. The molecule has 0 saturated carbocycles. The molecule has 0 N–H and O–H groups in total. The van der Waals surface area contributed by atoms with Crippen molar-refractivity contribution >= 4 is 58.4 Å². The van der Waals surface area contributed by atoms with Crippen LogP contribution >= 0.6 is 0 Å². The molecule has 28 valence electrons. The van der Waals surface area contributed by atoms with E-state index in [-0.39, 0.29) is 48.3 Å². The number of rotatable bonds is 0. The van der Waals surface area contributed by atoms with Crippen LogP contribution in [-0.2, 0) is 7.32 Å². The van der Waals surface area contributed by atoms with Gasteiger partial charge in [-0.2, -0.15) is 0 Å². The third kappa shape index (κ3) is 30.2. The fourth-order valence-electron chi connectivity index (χ4n) is 0. The molecule has 0 bridgehead atoms. The molecular formula is H5InO2SiSn. The summed E-state index contributed by atoms with van der Waals surface area (Å²) in [7, 11) is 0.611. The number of hydrogen-bond acceptors (Lipinski definition) is 2. The zero-order valence-electron chi connectivity index (χ0n) is 2.94. The molecule has 0 amide bonds. The Kier molecular flexibility index (Phi) is 161. The van der Waals surface area contributed by atoms with Crippen molar-refractivity contribution in [2.24, 2.45) is 0 Å². The van der Waals surface area contributed by atoms with Gasteiger partial charge in [-0.15, -0.1) is 0 Å². The first kappa shape index (κ1) is 16.1. The molecular weight excluding hydrogens is 294 g/mol. The molecule has 0 rings (SSSR count). The SMILES string of the molecule is O=[SiH2].[O]=[InH].[SnH2]. The van der Waals surface area contributed by atoms with Gasteiger partial charge in [0.15, 0.2) is 0 Å². The minimum atomic E-state index is -0.1000. The van der Waals surface area contributed by atoms with E-state index in [1.807, 2.05) is 0 Å². The Morgan fingerprint density at radius 3 is 1.20 bits per heavy atom. The number of hydrogen-bond donors (Lipinski definition) is 0. The average Bonchev–Trinajstić information content (AvgIpc) is 1.50. The predicted octanol–water partition coefficient (Wildman–Crippen LogP) is -2.72. The normalized spacial score (nSPS) is 1.40. The molecule has 2 nitrogen and oxygen atoms in total.